The van der Waals surface area contributed by atoms with Crippen LogP contribution in [-0.4, -0.2) is 18.0 Å². The number of halogens is 1. The van der Waals surface area contributed by atoms with Gasteiger partial charge in [0.1, 0.15) is 6.10 Å². The zero-order chi connectivity index (χ0) is 7.98. The van der Waals surface area contributed by atoms with Crippen LogP contribution in [0.2, 0.25) is 0 Å². The van der Waals surface area contributed by atoms with Crippen molar-refractivity contribution in [3.05, 3.63) is 12.7 Å². The molecule has 0 aromatic heterocycles. The summed E-state index contributed by atoms with van der Waals surface area (Å²) in [5.74, 6) is -0.0664. The lowest BCUT2D eigenvalue weighted by atomic mass is 10.3. The van der Waals surface area contributed by atoms with Gasteiger partial charge in [-0.2, -0.15) is 0 Å². The average molecular weight is 163 g/mol. The van der Waals surface area contributed by atoms with Crippen LogP contribution in [0.3, 0.4) is 0 Å². The van der Waals surface area contributed by atoms with Crippen molar-refractivity contribution >= 4 is 17.6 Å². The third-order valence-electron chi connectivity index (χ3n) is 1.08. The molecule has 2 nitrogen and oxygen atoms in total. The fraction of sp³-hybridized carbons (Fsp3) is 0.571. The van der Waals surface area contributed by atoms with Gasteiger partial charge in [0.15, 0.2) is 0 Å². The monoisotopic (exact) mass is 162 g/mol. The Morgan fingerprint density at radius 1 is 1.90 bits per heavy atom. The Morgan fingerprint density at radius 2 is 2.50 bits per heavy atom. The Bertz CT molecular complexity index is 119. The second-order valence-corrected chi connectivity index (χ2v) is 2.13. The van der Waals surface area contributed by atoms with Crippen molar-refractivity contribution in [2.24, 2.45) is 0 Å². The summed E-state index contributed by atoms with van der Waals surface area (Å²) in [6.07, 6.45) is 1.70. The van der Waals surface area contributed by atoms with E-state index in [1.54, 1.807) is 0 Å². The fourth-order valence-corrected chi connectivity index (χ4v) is 0.718. The molecule has 0 heterocycles. The van der Waals surface area contributed by atoms with Crippen LogP contribution >= 0.6 is 11.6 Å². The number of alkyl halides is 1. The molecule has 0 saturated heterocycles. The third kappa shape index (κ3) is 3.51. The zero-order valence-electron chi connectivity index (χ0n) is 5.97. The fourth-order valence-electron chi connectivity index (χ4n) is 0.436. The van der Waals surface area contributed by atoms with Crippen molar-refractivity contribution in [2.75, 3.05) is 5.88 Å². The predicted molar refractivity (Wildman–Crippen MR) is 41.1 cm³/mol. The van der Waals surface area contributed by atoms with Crippen molar-refractivity contribution in [1.82, 2.24) is 0 Å². The summed E-state index contributed by atoms with van der Waals surface area (Å²) in [5.41, 5.74) is 0. The van der Waals surface area contributed by atoms with Crippen LogP contribution in [0.15, 0.2) is 12.7 Å². The highest BCUT2D eigenvalue weighted by Gasteiger charge is 2.07. The molecule has 3 heteroatoms. The molecule has 0 rings (SSSR count). The Morgan fingerprint density at radius 3 is 2.80 bits per heavy atom. The predicted octanol–water partition coefficient (Wildman–Crippen LogP) is 1.73. The van der Waals surface area contributed by atoms with Gasteiger partial charge in [-0.1, -0.05) is 13.5 Å². The van der Waals surface area contributed by atoms with Gasteiger partial charge < -0.3 is 4.74 Å². The standard InChI is InChI=1S/C7H11ClO2/c1-3-6(5-8)10-7(9)4-2/h4,6H,2-3,5H2,1H3. The largest absolute Gasteiger partial charge is 0.458 e. The van der Waals surface area contributed by atoms with Crippen molar-refractivity contribution in [1.29, 1.82) is 0 Å². The number of hydrogen-bond acceptors (Lipinski definition) is 2. The molecule has 0 amide bonds. The quantitative estimate of drug-likeness (QED) is 0.358. The first-order chi connectivity index (χ1) is 4.74. The van der Waals surface area contributed by atoms with E-state index < -0.39 is 5.97 Å². The second kappa shape index (κ2) is 5.30. The highest BCUT2D eigenvalue weighted by Crippen LogP contribution is 2.00. The molecular weight excluding hydrogens is 152 g/mol. The minimum atomic E-state index is -0.410. The Labute approximate surface area is 65.8 Å². The van der Waals surface area contributed by atoms with Gasteiger partial charge in [0, 0.05) is 6.08 Å². The molecule has 0 bridgehead atoms. The van der Waals surface area contributed by atoms with E-state index in [4.69, 9.17) is 16.3 Å². The first-order valence-electron chi connectivity index (χ1n) is 3.13. The van der Waals surface area contributed by atoms with E-state index in [1.807, 2.05) is 6.92 Å². The van der Waals surface area contributed by atoms with E-state index in [-0.39, 0.29) is 6.10 Å². The molecule has 0 N–H and O–H groups in total. The maximum Gasteiger partial charge on any atom is 0.330 e. The molecule has 0 aromatic rings. The van der Waals surface area contributed by atoms with Crippen molar-refractivity contribution in [2.45, 2.75) is 19.4 Å². The van der Waals surface area contributed by atoms with Gasteiger partial charge in [-0.05, 0) is 6.42 Å². The normalized spacial score (nSPS) is 12.2. The van der Waals surface area contributed by atoms with E-state index in [1.165, 1.54) is 0 Å². The summed E-state index contributed by atoms with van der Waals surface area (Å²) < 4.78 is 4.81. The van der Waals surface area contributed by atoms with Crippen LogP contribution < -0.4 is 0 Å². The summed E-state index contributed by atoms with van der Waals surface area (Å²) in [5, 5.41) is 0. The smallest absolute Gasteiger partial charge is 0.330 e. The van der Waals surface area contributed by atoms with Crippen LogP contribution in [0.5, 0.6) is 0 Å². The molecule has 0 aliphatic carbocycles. The minimum Gasteiger partial charge on any atom is -0.458 e. The molecule has 0 spiro atoms. The number of hydrogen-bond donors (Lipinski definition) is 0. The lowest BCUT2D eigenvalue weighted by Gasteiger charge is -2.10. The van der Waals surface area contributed by atoms with E-state index in [0.29, 0.717) is 5.88 Å². The molecule has 1 atom stereocenters. The molecule has 0 aliphatic heterocycles. The van der Waals surface area contributed by atoms with Gasteiger partial charge >= 0.3 is 5.97 Å². The summed E-state index contributed by atoms with van der Waals surface area (Å²) in [4.78, 5) is 10.5. The number of rotatable bonds is 4. The number of carbonyl (C=O) groups is 1. The SMILES string of the molecule is C=CC(=O)OC(CC)CCl. The molecule has 0 aliphatic rings. The van der Waals surface area contributed by atoms with Gasteiger partial charge in [-0.25, -0.2) is 4.79 Å². The minimum absolute atomic E-state index is 0.174. The van der Waals surface area contributed by atoms with E-state index in [2.05, 4.69) is 6.58 Å². The molecule has 1 unspecified atom stereocenters. The molecule has 0 fully saturated rings. The first-order valence-corrected chi connectivity index (χ1v) is 3.67. The lowest BCUT2D eigenvalue weighted by molar-refractivity contribution is -0.142. The topological polar surface area (TPSA) is 26.3 Å². The van der Waals surface area contributed by atoms with Crippen molar-refractivity contribution < 1.29 is 9.53 Å². The maximum absolute atomic E-state index is 10.5. The Hall–Kier alpha value is -0.500. The summed E-state index contributed by atoms with van der Waals surface area (Å²) >= 11 is 5.46. The van der Waals surface area contributed by atoms with Crippen LogP contribution in [-0.2, 0) is 9.53 Å². The highest BCUT2D eigenvalue weighted by molar-refractivity contribution is 6.18. The number of esters is 1. The van der Waals surface area contributed by atoms with Gasteiger partial charge in [-0.3, -0.25) is 0 Å². The van der Waals surface area contributed by atoms with E-state index in [0.717, 1.165) is 12.5 Å². The second-order valence-electron chi connectivity index (χ2n) is 1.83. The number of carbonyl (C=O) groups excluding carboxylic acids is 1. The van der Waals surface area contributed by atoms with Gasteiger partial charge in [0.25, 0.3) is 0 Å². The van der Waals surface area contributed by atoms with Crippen LogP contribution in [0.25, 0.3) is 0 Å². The average Bonchev–Trinajstić information content (AvgIpc) is 1.99. The Kier molecular flexibility index (Phi) is 5.03. The maximum atomic E-state index is 10.5. The van der Waals surface area contributed by atoms with E-state index in [9.17, 15) is 4.79 Å². The molecular formula is C7H11ClO2. The van der Waals surface area contributed by atoms with Gasteiger partial charge in [0.2, 0.25) is 0 Å². The number of ether oxygens (including phenoxy) is 1. The lowest BCUT2D eigenvalue weighted by Crippen LogP contribution is -2.16. The molecule has 58 valence electrons. The van der Waals surface area contributed by atoms with Crippen LogP contribution in [0.4, 0.5) is 0 Å². The van der Waals surface area contributed by atoms with Crippen molar-refractivity contribution in [3.8, 4) is 0 Å². The van der Waals surface area contributed by atoms with E-state index >= 15 is 0 Å². The molecule has 0 radical (unpaired) electrons. The third-order valence-corrected chi connectivity index (χ3v) is 1.42. The molecule has 0 aromatic carbocycles. The molecule has 0 saturated carbocycles. The van der Waals surface area contributed by atoms with Crippen molar-refractivity contribution in [3.63, 3.8) is 0 Å². The highest BCUT2D eigenvalue weighted by atomic mass is 35.5. The summed E-state index contributed by atoms with van der Waals surface area (Å²) in [6.45, 7) is 5.17. The van der Waals surface area contributed by atoms with Gasteiger partial charge in [-0.15, -0.1) is 11.6 Å². The Balaban J connectivity index is 3.62. The summed E-state index contributed by atoms with van der Waals surface area (Å²) in [7, 11) is 0. The van der Waals surface area contributed by atoms with Crippen LogP contribution in [0.1, 0.15) is 13.3 Å². The van der Waals surface area contributed by atoms with Crippen LogP contribution in [0, 0.1) is 0 Å². The summed E-state index contributed by atoms with van der Waals surface area (Å²) in [6, 6.07) is 0. The van der Waals surface area contributed by atoms with Gasteiger partial charge in [0.05, 0.1) is 5.88 Å². The molecule has 10 heavy (non-hydrogen) atoms. The zero-order valence-corrected chi connectivity index (χ0v) is 6.73. The first kappa shape index (κ1) is 9.50.